The van der Waals surface area contributed by atoms with E-state index in [0.717, 1.165) is 4.48 Å². The first-order valence-electron chi connectivity index (χ1n) is 13.6. The van der Waals surface area contributed by atoms with Gasteiger partial charge in [0.05, 0.1) is 90.6 Å². The molecule has 1 aliphatic rings. The Morgan fingerprint density at radius 2 is 1.18 bits per heavy atom. The quantitative estimate of drug-likeness (QED) is 0.223. The minimum Gasteiger partial charge on any atom is -0.333 e. The third kappa shape index (κ3) is 31.5. The lowest BCUT2D eigenvalue weighted by Crippen LogP contribution is -2.35. The van der Waals surface area contributed by atoms with Crippen LogP contribution < -0.4 is 18.4 Å². The molecule has 4 aromatic heterocycles. The number of hydrogen-bond donors (Lipinski definition) is 0. The fraction of sp³-hybridized carbons (Fsp3) is 0.636. The van der Waals surface area contributed by atoms with Crippen molar-refractivity contribution >= 4 is 0 Å². The maximum absolute atomic E-state index is 3.90. The van der Waals surface area contributed by atoms with E-state index in [0.29, 0.717) is 0 Å². The molecule has 44 heavy (non-hydrogen) atoms. The first kappa shape index (κ1) is 50.2. The second-order valence-corrected chi connectivity index (χ2v) is 12.2. The SMILES string of the molecule is C.C.C.C.C[N+](C)(C)C.C[N+]1(C)CCCC1.C[n+]1ccccc1.Cn1c[n+](C)cn1.Cn1cc[n+](C)c1.Cn1cnc[n+]1C. The summed E-state index contributed by atoms with van der Waals surface area (Å²) in [6.45, 7) is 2.78. The molecule has 1 saturated heterocycles. The van der Waals surface area contributed by atoms with Crippen molar-refractivity contribution in [1.29, 1.82) is 0 Å². The number of aryl methyl sites for hydroxylation is 7. The van der Waals surface area contributed by atoms with Gasteiger partial charge in [-0.1, -0.05) is 35.8 Å². The summed E-state index contributed by atoms with van der Waals surface area (Å²) in [6, 6.07) is 6.00. The van der Waals surface area contributed by atoms with E-state index in [9.17, 15) is 0 Å². The Labute approximate surface area is 273 Å². The molecule has 0 atom stereocenters. The summed E-state index contributed by atoms with van der Waals surface area (Å²) in [6.07, 6.45) is 20.0. The predicted molar refractivity (Wildman–Crippen MR) is 185 cm³/mol. The molecular formula is C33H75N11+6. The third-order valence-corrected chi connectivity index (χ3v) is 5.27. The molecule has 4 aromatic rings. The van der Waals surface area contributed by atoms with Crippen LogP contribution in [0.1, 0.15) is 42.5 Å². The maximum Gasteiger partial charge on any atom is 0.306 e. The topological polar surface area (TPSA) is 56.1 Å². The molecule has 0 aliphatic carbocycles. The highest BCUT2D eigenvalue weighted by Gasteiger charge is 2.19. The van der Waals surface area contributed by atoms with Gasteiger partial charge in [0.15, 0.2) is 12.4 Å². The molecule has 0 unspecified atom stereocenters. The minimum absolute atomic E-state index is 0. The standard InChI is InChI=1S/C6H14N.C6H8N.C5H9N2.2C4H8N3.C4H12N.4CH4/c1-7(2)5-3-4-6-7;1-7-5-3-2-4-6-7;1-6-3-4-7(2)5-6;1-6-3-5-7(2)4-6;1-6-3-5-4-7(6)2;1-5(2,3)4;;;;/h3-6H2,1-2H3;2-6H,1H3;3-5H,1-2H3;2*3-4H,1-2H3;1-4H3;4*1H4/q6*+1;;;;. The number of quaternary nitrogens is 2. The molecule has 5 heterocycles. The Morgan fingerprint density at radius 3 is 1.32 bits per heavy atom. The number of imidazole rings is 1. The number of hydrogen-bond acceptors (Lipinski definition) is 2. The second kappa shape index (κ2) is 26.0. The second-order valence-electron chi connectivity index (χ2n) is 12.2. The van der Waals surface area contributed by atoms with Gasteiger partial charge in [-0.05, 0) is 4.98 Å². The summed E-state index contributed by atoms with van der Waals surface area (Å²) in [5.41, 5.74) is 0. The highest BCUT2D eigenvalue weighted by atomic mass is 15.4. The van der Waals surface area contributed by atoms with Crippen molar-refractivity contribution in [1.82, 2.24) is 24.0 Å². The van der Waals surface area contributed by atoms with Crippen molar-refractivity contribution < 1.29 is 27.3 Å². The van der Waals surface area contributed by atoms with Crippen LogP contribution in [0.3, 0.4) is 0 Å². The molecule has 0 aromatic carbocycles. The van der Waals surface area contributed by atoms with Crippen LogP contribution >= 0.6 is 0 Å². The lowest BCUT2D eigenvalue weighted by molar-refractivity contribution is -0.877. The predicted octanol–water partition coefficient (Wildman–Crippen LogP) is 2.57. The molecule has 0 bridgehead atoms. The van der Waals surface area contributed by atoms with Crippen molar-refractivity contribution in [2.75, 3.05) is 55.4 Å². The molecule has 0 spiro atoms. The van der Waals surface area contributed by atoms with Gasteiger partial charge in [-0.25, -0.2) is 18.3 Å². The van der Waals surface area contributed by atoms with Crippen molar-refractivity contribution in [3.8, 4) is 0 Å². The van der Waals surface area contributed by atoms with Crippen molar-refractivity contribution in [2.45, 2.75) is 42.5 Å². The van der Waals surface area contributed by atoms with E-state index >= 15 is 0 Å². The summed E-state index contributed by atoms with van der Waals surface area (Å²) < 4.78 is 15.7. The van der Waals surface area contributed by atoms with Gasteiger partial charge in [0, 0.05) is 30.1 Å². The van der Waals surface area contributed by atoms with Gasteiger partial charge in [0.1, 0.15) is 26.5 Å². The normalized spacial score (nSPS) is 11.8. The zero-order valence-corrected chi connectivity index (χ0v) is 27.7. The zero-order valence-electron chi connectivity index (χ0n) is 27.7. The third-order valence-electron chi connectivity index (χ3n) is 5.27. The van der Waals surface area contributed by atoms with Crippen LogP contribution in [0, 0.1) is 0 Å². The van der Waals surface area contributed by atoms with E-state index in [4.69, 9.17) is 0 Å². The van der Waals surface area contributed by atoms with Crippen LogP contribution in [0.25, 0.3) is 0 Å². The van der Waals surface area contributed by atoms with Crippen molar-refractivity contribution in [2.24, 2.45) is 49.3 Å². The molecule has 0 saturated carbocycles. The monoisotopic (exact) mass is 626 g/mol. The molecule has 1 aliphatic heterocycles. The highest BCUT2D eigenvalue weighted by molar-refractivity contribution is 4.83. The van der Waals surface area contributed by atoms with Gasteiger partial charge < -0.3 is 8.97 Å². The summed E-state index contributed by atoms with van der Waals surface area (Å²) in [7, 11) is 26.8. The molecule has 5 rings (SSSR count). The summed E-state index contributed by atoms with van der Waals surface area (Å²) >= 11 is 0. The van der Waals surface area contributed by atoms with E-state index in [-0.39, 0.29) is 29.7 Å². The molecule has 256 valence electrons. The molecule has 11 nitrogen and oxygen atoms in total. The molecule has 0 N–H and O–H groups in total. The first-order chi connectivity index (χ1) is 18.5. The number of likely N-dealkylation sites (tertiary alicyclic amines) is 1. The fourth-order valence-electron chi connectivity index (χ4n) is 3.12. The van der Waals surface area contributed by atoms with Gasteiger partial charge in [0.2, 0.25) is 19.0 Å². The average Bonchev–Trinajstić information content (AvgIpc) is 3.62. The lowest BCUT2D eigenvalue weighted by atomic mass is 10.4. The maximum atomic E-state index is 3.90. The average molecular weight is 626 g/mol. The molecule has 11 heteroatoms. The smallest absolute Gasteiger partial charge is 0.306 e. The Balaban J connectivity index is -0.000000136. The molecule has 1 fully saturated rings. The zero-order chi connectivity index (χ0) is 30.8. The van der Waals surface area contributed by atoms with E-state index in [1.807, 2.05) is 133 Å². The van der Waals surface area contributed by atoms with Gasteiger partial charge in [-0.3, -0.25) is 0 Å². The Morgan fingerprint density at radius 1 is 0.682 bits per heavy atom. The Bertz CT molecular complexity index is 1050. The number of nitrogens with zero attached hydrogens (tertiary/aromatic N) is 11. The highest BCUT2D eigenvalue weighted by Crippen LogP contribution is 2.11. The summed E-state index contributed by atoms with van der Waals surface area (Å²) in [5.74, 6) is 0. The summed E-state index contributed by atoms with van der Waals surface area (Å²) in [5, 5.41) is 3.90. The molecule has 0 amide bonds. The van der Waals surface area contributed by atoms with Crippen LogP contribution in [0.5, 0.6) is 0 Å². The van der Waals surface area contributed by atoms with Crippen LogP contribution in [-0.4, -0.2) is 88.4 Å². The van der Waals surface area contributed by atoms with Crippen LogP contribution in [0.2, 0.25) is 0 Å². The van der Waals surface area contributed by atoms with Crippen LogP contribution in [0.15, 0.2) is 74.6 Å². The molecule has 0 radical (unpaired) electrons. The largest absolute Gasteiger partial charge is 0.333 e. The summed E-state index contributed by atoms with van der Waals surface area (Å²) in [4.78, 5) is 3.85. The number of rotatable bonds is 0. The minimum atomic E-state index is 0. The Hall–Kier alpha value is -3.44. The van der Waals surface area contributed by atoms with Gasteiger partial charge in [-0.15, -0.1) is 4.68 Å². The molecular weight excluding hydrogens is 550 g/mol. The van der Waals surface area contributed by atoms with Gasteiger partial charge in [-0.2, -0.15) is 9.36 Å². The van der Waals surface area contributed by atoms with E-state index in [2.05, 4.69) is 52.4 Å². The Kier molecular flexibility index (Phi) is 29.7. The first-order valence-corrected chi connectivity index (χ1v) is 13.6. The number of pyridine rings is 1. The van der Waals surface area contributed by atoms with E-state index in [1.165, 1.54) is 30.4 Å². The van der Waals surface area contributed by atoms with Crippen molar-refractivity contribution in [3.63, 3.8) is 0 Å². The van der Waals surface area contributed by atoms with Crippen LogP contribution in [0.4, 0.5) is 0 Å². The van der Waals surface area contributed by atoms with Gasteiger partial charge in [0.25, 0.3) is 6.33 Å². The van der Waals surface area contributed by atoms with Gasteiger partial charge >= 0.3 is 6.33 Å². The van der Waals surface area contributed by atoms with Crippen molar-refractivity contribution in [3.05, 3.63) is 74.6 Å². The fourth-order valence-corrected chi connectivity index (χ4v) is 3.12. The number of aromatic nitrogens is 9. The van der Waals surface area contributed by atoms with E-state index < -0.39 is 0 Å². The van der Waals surface area contributed by atoms with Crippen LogP contribution in [-0.2, 0) is 49.3 Å². The van der Waals surface area contributed by atoms with E-state index in [1.54, 1.807) is 23.7 Å². The lowest BCUT2D eigenvalue weighted by Gasteiger charge is -2.21.